The highest BCUT2D eigenvalue weighted by Crippen LogP contribution is 2.23. The van der Waals surface area contributed by atoms with Crippen LogP contribution in [0.2, 0.25) is 0 Å². The van der Waals surface area contributed by atoms with E-state index in [0.717, 1.165) is 0 Å². The third kappa shape index (κ3) is 3.96. The lowest BCUT2D eigenvalue weighted by molar-refractivity contribution is -0.116. The van der Waals surface area contributed by atoms with Crippen LogP contribution in [0.5, 0.6) is 5.75 Å². The number of amides is 1. The van der Waals surface area contributed by atoms with Gasteiger partial charge in [-0.2, -0.15) is 0 Å². The predicted molar refractivity (Wildman–Crippen MR) is 74.2 cm³/mol. The van der Waals surface area contributed by atoms with E-state index in [4.69, 9.17) is 9.84 Å². The SMILES string of the molecule is COc1ccc(C(=O)O)c(NC(=O)CCNC2CC2)c1. The van der Waals surface area contributed by atoms with Gasteiger partial charge in [0.05, 0.1) is 18.4 Å². The fourth-order valence-corrected chi connectivity index (χ4v) is 1.83. The average molecular weight is 278 g/mol. The molecule has 1 saturated carbocycles. The molecule has 3 N–H and O–H groups in total. The van der Waals surface area contributed by atoms with E-state index in [1.54, 1.807) is 6.07 Å². The van der Waals surface area contributed by atoms with Gasteiger partial charge < -0.3 is 20.5 Å². The molecule has 1 aromatic carbocycles. The zero-order chi connectivity index (χ0) is 14.5. The van der Waals surface area contributed by atoms with Crippen molar-refractivity contribution >= 4 is 17.6 Å². The highest BCUT2D eigenvalue weighted by atomic mass is 16.5. The molecule has 0 atom stereocenters. The quantitative estimate of drug-likeness (QED) is 0.703. The maximum Gasteiger partial charge on any atom is 0.337 e. The molecule has 1 aliphatic carbocycles. The maximum atomic E-state index is 11.8. The number of methoxy groups -OCH3 is 1. The van der Waals surface area contributed by atoms with Gasteiger partial charge in [-0.25, -0.2) is 4.79 Å². The normalized spacial score (nSPS) is 13.8. The second-order valence-electron chi connectivity index (χ2n) is 4.74. The number of anilines is 1. The summed E-state index contributed by atoms with van der Waals surface area (Å²) in [6.07, 6.45) is 2.65. The van der Waals surface area contributed by atoms with Crippen LogP contribution in [-0.2, 0) is 4.79 Å². The van der Waals surface area contributed by atoms with Crippen LogP contribution in [-0.4, -0.2) is 36.7 Å². The number of carbonyl (C=O) groups excluding carboxylic acids is 1. The molecule has 6 nitrogen and oxygen atoms in total. The number of aromatic carboxylic acids is 1. The molecule has 0 spiro atoms. The minimum Gasteiger partial charge on any atom is -0.497 e. The van der Waals surface area contributed by atoms with Crippen molar-refractivity contribution in [1.82, 2.24) is 5.32 Å². The smallest absolute Gasteiger partial charge is 0.337 e. The topological polar surface area (TPSA) is 87.7 Å². The van der Waals surface area contributed by atoms with Crippen molar-refractivity contribution in [1.29, 1.82) is 0 Å². The van der Waals surface area contributed by atoms with Crippen molar-refractivity contribution in [3.63, 3.8) is 0 Å². The number of carboxylic acid groups (broad SMARTS) is 1. The number of benzene rings is 1. The molecule has 2 rings (SSSR count). The van der Waals surface area contributed by atoms with Crippen molar-refractivity contribution < 1.29 is 19.4 Å². The molecule has 1 fully saturated rings. The summed E-state index contributed by atoms with van der Waals surface area (Å²) in [5.74, 6) is -0.797. The minimum atomic E-state index is -1.08. The average Bonchev–Trinajstić information content (AvgIpc) is 3.22. The summed E-state index contributed by atoms with van der Waals surface area (Å²) in [5, 5.41) is 14.9. The Balaban J connectivity index is 1.97. The molecule has 20 heavy (non-hydrogen) atoms. The van der Waals surface area contributed by atoms with E-state index < -0.39 is 5.97 Å². The van der Waals surface area contributed by atoms with E-state index in [-0.39, 0.29) is 17.2 Å². The van der Waals surface area contributed by atoms with Crippen LogP contribution >= 0.6 is 0 Å². The number of carboxylic acids is 1. The van der Waals surface area contributed by atoms with Crippen LogP contribution in [0, 0.1) is 0 Å². The summed E-state index contributed by atoms with van der Waals surface area (Å²) >= 11 is 0. The molecule has 0 aliphatic heterocycles. The number of hydrogen-bond acceptors (Lipinski definition) is 4. The Bertz CT molecular complexity index is 512. The maximum absolute atomic E-state index is 11.8. The molecular formula is C14H18N2O4. The molecule has 0 radical (unpaired) electrons. The molecule has 0 heterocycles. The van der Waals surface area contributed by atoms with Crippen LogP contribution < -0.4 is 15.4 Å². The molecule has 1 aliphatic rings. The Morgan fingerprint density at radius 1 is 1.40 bits per heavy atom. The Hall–Kier alpha value is -2.08. The first kappa shape index (κ1) is 14.3. The number of nitrogens with one attached hydrogen (secondary N) is 2. The molecule has 0 bridgehead atoms. The summed E-state index contributed by atoms with van der Waals surface area (Å²) < 4.78 is 5.04. The molecule has 108 valence electrons. The van der Waals surface area contributed by atoms with Gasteiger partial charge in [0.15, 0.2) is 0 Å². The monoisotopic (exact) mass is 278 g/mol. The number of hydrogen-bond donors (Lipinski definition) is 3. The fourth-order valence-electron chi connectivity index (χ4n) is 1.83. The van der Waals surface area contributed by atoms with Crippen LogP contribution in [0.25, 0.3) is 0 Å². The highest BCUT2D eigenvalue weighted by Gasteiger charge is 2.20. The zero-order valence-electron chi connectivity index (χ0n) is 11.3. The van der Waals surface area contributed by atoms with Gasteiger partial charge in [0, 0.05) is 25.1 Å². The Morgan fingerprint density at radius 3 is 2.75 bits per heavy atom. The van der Waals surface area contributed by atoms with Crippen LogP contribution in [0.4, 0.5) is 5.69 Å². The number of carbonyl (C=O) groups is 2. The van der Waals surface area contributed by atoms with Crippen molar-refractivity contribution in [3.8, 4) is 5.75 Å². The lowest BCUT2D eigenvalue weighted by atomic mass is 10.1. The standard InChI is InChI=1S/C14H18N2O4/c1-20-10-4-5-11(14(18)19)12(8-10)16-13(17)6-7-15-9-2-3-9/h4-5,8-9,15H,2-3,6-7H2,1H3,(H,16,17)(H,18,19). The summed E-state index contributed by atoms with van der Waals surface area (Å²) in [6, 6.07) is 5.03. The van der Waals surface area contributed by atoms with Gasteiger partial charge in [-0.3, -0.25) is 4.79 Å². The second-order valence-corrected chi connectivity index (χ2v) is 4.74. The van der Waals surface area contributed by atoms with Crippen molar-refractivity contribution in [2.45, 2.75) is 25.3 Å². The highest BCUT2D eigenvalue weighted by molar-refractivity contribution is 6.00. The van der Waals surface area contributed by atoms with Gasteiger partial charge in [-0.05, 0) is 25.0 Å². The third-order valence-corrected chi connectivity index (χ3v) is 3.09. The summed E-state index contributed by atoms with van der Waals surface area (Å²) in [6.45, 7) is 0.600. The van der Waals surface area contributed by atoms with E-state index in [0.29, 0.717) is 24.8 Å². The summed E-state index contributed by atoms with van der Waals surface area (Å²) in [5.41, 5.74) is 0.308. The van der Waals surface area contributed by atoms with Crippen molar-refractivity contribution in [3.05, 3.63) is 23.8 Å². The predicted octanol–water partition coefficient (Wildman–Crippen LogP) is 1.47. The van der Waals surface area contributed by atoms with Gasteiger partial charge in [-0.15, -0.1) is 0 Å². The molecule has 6 heteroatoms. The van der Waals surface area contributed by atoms with Gasteiger partial charge >= 0.3 is 5.97 Å². The number of rotatable bonds is 7. The Labute approximate surface area is 117 Å². The molecule has 1 aromatic rings. The largest absolute Gasteiger partial charge is 0.497 e. The summed E-state index contributed by atoms with van der Waals surface area (Å²) in [7, 11) is 1.49. The Morgan fingerprint density at radius 2 is 2.15 bits per heavy atom. The van der Waals surface area contributed by atoms with Crippen LogP contribution in [0.1, 0.15) is 29.6 Å². The molecule has 1 amide bonds. The van der Waals surface area contributed by atoms with Gasteiger partial charge in [0.25, 0.3) is 0 Å². The number of ether oxygens (including phenoxy) is 1. The zero-order valence-corrected chi connectivity index (χ0v) is 11.3. The van der Waals surface area contributed by atoms with Gasteiger partial charge in [0.2, 0.25) is 5.91 Å². The van der Waals surface area contributed by atoms with Crippen molar-refractivity contribution in [2.75, 3.05) is 19.0 Å². The van der Waals surface area contributed by atoms with Gasteiger partial charge in [0.1, 0.15) is 5.75 Å². The van der Waals surface area contributed by atoms with E-state index >= 15 is 0 Å². The second kappa shape index (κ2) is 6.38. The molecule has 0 aromatic heterocycles. The van der Waals surface area contributed by atoms with E-state index in [1.807, 2.05) is 0 Å². The van der Waals surface area contributed by atoms with Crippen molar-refractivity contribution in [2.24, 2.45) is 0 Å². The molecule has 0 saturated heterocycles. The van der Waals surface area contributed by atoms with E-state index in [1.165, 1.54) is 32.1 Å². The molecule has 0 unspecified atom stereocenters. The van der Waals surface area contributed by atoms with Crippen LogP contribution in [0.15, 0.2) is 18.2 Å². The first-order valence-electron chi connectivity index (χ1n) is 6.54. The summed E-state index contributed by atoms with van der Waals surface area (Å²) in [4.78, 5) is 22.9. The fraction of sp³-hybridized carbons (Fsp3) is 0.429. The lowest BCUT2D eigenvalue weighted by Crippen LogP contribution is -2.23. The Kier molecular flexibility index (Phi) is 4.57. The van der Waals surface area contributed by atoms with Gasteiger partial charge in [-0.1, -0.05) is 0 Å². The first-order valence-corrected chi connectivity index (χ1v) is 6.54. The minimum absolute atomic E-state index is 0.0503. The lowest BCUT2D eigenvalue weighted by Gasteiger charge is -2.10. The first-order chi connectivity index (χ1) is 9.60. The van der Waals surface area contributed by atoms with Crippen LogP contribution in [0.3, 0.4) is 0 Å². The van der Waals surface area contributed by atoms with E-state index in [9.17, 15) is 9.59 Å². The third-order valence-electron chi connectivity index (χ3n) is 3.09. The van der Waals surface area contributed by atoms with E-state index in [2.05, 4.69) is 10.6 Å². The molecular weight excluding hydrogens is 260 g/mol.